The molecule has 0 amide bonds. The molecule has 1 aromatic carbocycles. The van der Waals surface area contributed by atoms with Gasteiger partial charge in [-0.1, -0.05) is 18.2 Å². The van der Waals surface area contributed by atoms with Gasteiger partial charge in [0.1, 0.15) is 4.90 Å². The second kappa shape index (κ2) is 4.58. The minimum absolute atomic E-state index is 0.106. The summed E-state index contributed by atoms with van der Waals surface area (Å²) in [4.78, 5) is 4.29. The Bertz CT molecular complexity index is 539. The van der Waals surface area contributed by atoms with Gasteiger partial charge < -0.3 is 0 Å². The predicted octanol–water partition coefficient (Wildman–Crippen LogP) is 2.54. The third-order valence-corrected chi connectivity index (χ3v) is 2.97. The van der Waals surface area contributed by atoms with Crippen LogP contribution in [-0.4, -0.2) is 24.2 Å². The lowest BCUT2D eigenvalue weighted by Crippen LogP contribution is -2.15. The van der Waals surface area contributed by atoms with E-state index in [0.717, 1.165) is 0 Å². The van der Waals surface area contributed by atoms with Crippen molar-refractivity contribution in [3.8, 4) is 0 Å². The first-order valence-corrected chi connectivity index (χ1v) is 6.68. The van der Waals surface area contributed by atoms with Gasteiger partial charge in [-0.05, 0) is 33.8 Å². The van der Waals surface area contributed by atoms with Gasteiger partial charge in [-0.15, -0.1) is 0 Å². The van der Waals surface area contributed by atoms with E-state index in [-0.39, 0.29) is 10.4 Å². The van der Waals surface area contributed by atoms with Crippen molar-refractivity contribution in [3.05, 3.63) is 29.8 Å². The summed E-state index contributed by atoms with van der Waals surface area (Å²) in [6.45, 7) is 7.50. The van der Waals surface area contributed by atoms with Crippen molar-refractivity contribution in [1.29, 1.82) is 0 Å². The molecule has 1 aromatic rings. The van der Waals surface area contributed by atoms with Gasteiger partial charge in [0, 0.05) is 11.3 Å². The Hall–Kier alpha value is -1.20. The van der Waals surface area contributed by atoms with E-state index in [2.05, 4.69) is 4.99 Å². The average molecular weight is 255 g/mol. The summed E-state index contributed by atoms with van der Waals surface area (Å²) >= 11 is 0. The molecule has 0 aliphatic carbocycles. The van der Waals surface area contributed by atoms with Gasteiger partial charge >= 0.3 is 0 Å². The molecule has 0 saturated heterocycles. The fourth-order valence-electron chi connectivity index (χ4n) is 1.55. The molecule has 17 heavy (non-hydrogen) atoms. The number of hydrogen-bond donors (Lipinski definition) is 1. The zero-order valence-electron chi connectivity index (χ0n) is 10.4. The van der Waals surface area contributed by atoms with E-state index in [1.807, 2.05) is 20.8 Å². The smallest absolute Gasteiger partial charge is 0.284 e. The molecule has 1 N–H and O–H groups in total. The Morgan fingerprint density at radius 2 is 1.76 bits per heavy atom. The third-order valence-electron chi connectivity index (χ3n) is 2.06. The minimum Gasteiger partial charge on any atom is -0.284 e. The van der Waals surface area contributed by atoms with Gasteiger partial charge in [0.15, 0.2) is 0 Å². The molecule has 0 aliphatic heterocycles. The van der Waals surface area contributed by atoms with Crippen molar-refractivity contribution in [2.45, 2.75) is 38.1 Å². The SMILES string of the molecule is C/C(=N/C(C)(C)C)c1ccccc1S(=O)(=O)O. The molecule has 4 nitrogen and oxygen atoms in total. The Labute approximate surface area is 102 Å². The maximum atomic E-state index is 11.2. The standard InChI is InChI=1S/C12H17NO3S/c1-9(13-12(2,3)4)10-7-5-6-8-11(10)17(14,15)16/h5-8H,1-4H3,(H,14,15,16)/b13-9-. The van der Waals surface area contributed by atoms with Gasteiger partial charge in [0.05, 0.1) is 5.54 Å². The van der Waals surface area contributed by atoms with Crippen LogP contribution in [-0.2, 0) is 10.1 Å². The van der Waals surface area contributed by atoms with Crippen LogP contribution in [0.2, 0.25) is 0 Å². The van der Waals surface area contributed by atoms with Crippen LogP contribution in [0.4, 0.5) is 0 Å². The Morgan fingerprint density at radius 1 is 1.24 bits per heavy atom. The Morgan fingerprint density at radius 3 is 2.24 bits per heavy atom. The van der Waals surface area contributed by atoms with Crippen LogP contribution in [0.25, 0.3) is 0 Å². The predicted molar refractivity (Wildman–Crippen MR) is 68.2 cm³/mol. The molecule has 0 atom stereocenters. The maximum absolute atomic E-state index is 11.2. The van der Waals surface area contributed by atoms with Crippen molar-refractivity contribution in [1.82, 2.24) is 0 Å². The molecule has 1 rings (SSSR count). The van der Waals surface area contributed by atoms with E-state index in [9.17, 15) is 8.42 Å². The number of nitrogens with zero attached hydrogens (tertiary/aromatic N) is 1. The lowest BCUT2D eigenvalue weighted by atomic mass is 10.1. The first-order chi connectivity index (χ1) is 7.61. The highest BCUT2D eigenvalue weighted by atomic mass is 32.2. The summed E-state index contributed by atoms with van der Waals surface area (Å²) in [6, 6.07) is 6.28. The van der Waals surface area contributed by atoms with Gasteiger partial charge in [0.25, 0.3) is 10.1 Å². The van der Waals surface area contributed by atoms with Crippen molar-refractivity contribution < 1.29 is 13.0 Å². The number of rotatable bonds is 2. The topological polar surface area (TPSA) is 66.7 Å². The van der Waals surface area contributed by atoms with Crippen LogP contribution in [0.5, 0.6) is 0 Å². The van der Waals surface area contributed by atoms with Crippen molar-refractivity contribution in [2.24, 2.45) is 4.99 Å². The average Bonchev–Trinajstić information content (AvgIpc) is 2.13. The molecule has 0 heterocycles. The van der Waals surface area contributed by atoms with E-state index >= 15 is 0 Å². The molecule has 0 saturated carbocycles. The third kappa shape index (κ3) is 3.94. The van der Waals surface area contributed by atoms with Crippen molar-refractivity contribution in [3.63, 3.8) is 0 Å². The highest BCUT2D eigenvalue weighted by Crippen LogP contribution is 2.18. The maximum Gasteiger partial charge on any atom is 0.295 e. The van der Waals surface area contributed by atoms with Gasteiger partial charge in [-0.25, -0.2) is 0 Å². The molecule has 0 aliphatic rings. The highest BCUT2D eigenvalue weighted by Gasteiger charge is 2.17. The molecule has 0 radical (unpaired) electrons. The van der Waals surface area contributed by atoms with E-state index in [1.165, 1.54) is 6.07 Å². The van der Waals surface area contributed by atoms with Gasteiger partial charge in [0.2, 0.25) is 0 Å². The molecule has 5 heteroatoms. The summed E-state index contributed by atoms with van der Waals surface area (Å²) in [5, 5.41) is 0. The van der Waals surface area contributed by atoms with Crippen LogP contribution in [0.1, 0.15) is 33.3 Å². The van der Waals surface area contributed by atoms with E-state index in [4.69, 9.17) is 4.55 Å². The Kier molecular flexibility index (Phi) is 3.74. The lowest BCUT2D eigenvalue weighted by Gasteiger charge is -2.15. The molecule has 94 valence electrons. The number of hydrogen-bond acceptors (Lipinski definition) is 3. The summed E-state index contributed by atoms with van der Waals surface area (Å²) < 4.78 is 31.6. The van der Waals surface area contributed by atoms with Crippen LogP contribution >= 0.6 is 0 Å². The van der Waals surface area contributed by atoms with Gasteiger partial charge in [-0.3, -0.25) is 9.55 Å². The van der Waals surface area contributed by atoms with Crippen LogP contribution < -0.4 is 0 Å². The van der Waals surface area contributed by atoms with E-state index in [0.29, 0.717) is 11.3 Å². The first kappa shape index (κ1) is 13.9. The number of benzene rings is 1. The molecule has 0 fully saturated rings. The highest BCUT2D eigenvalue weighted by molar-refractivity contribution is 7.86. The largest absolute Gasteiger partial charge is 0.295 e. The summed E-state index contributed by atoms with van der Waals surface area (Å²) in [5.74, 6) is 0. The molecule has 0 aromatic heterocycles. The summed E-state index contributed by atoms with van der Waals surface area (Å²) in [5.41, 5.74) is 0.729. The lowest BCUT2D eigenvalue weighted by molar-refractivity contribution is 0.483. The van der Waals surface area contributed by atoms with Crippen molar-refractivity contribution in [2.75, 3.05) is 0 Å². The Balaban J connectivity index is 3.39. The molecule has 0 unspecified atom stereocenters. The van der Waals surface area contributed by atoms with Gasteiger partial charge in [-0.2, -0.15) is 8.42 Å². The van der Waals surface area contributed by atoms with E-state index < -0.39 is 10.1 Å². The molecular weight excluding hydrogens is 238 g/mol. The van der Waals surface area contributed by atoms with E-state index in [1.54, 1.807) is 25.1 Å². The fourth-order valence-corrected chi connectivity index (χ4v) is 2.30. The first-order valence-electron chi connectivity index (χ1n) is 5.24. The second-order valence-corrected chi connectivity index (χ2v) is 6.23. The van der Waals surface area contributed by atoms with Crippen molar-refractivity contribution >= 4 is 15.8 Å². The second-order valence-electron chi connectivity index (χ2n) is 4.84. The summed E-state index contributed by atoms with van der Waals surface area (Å²) in [6.07, 6.45) is 0. The minimum atomic E-state index is -4.21. The van der Waals surface area contributed by atoms with Crippen LogP contribution in [0.15, 0.2) is 34.2 Å². The normalized spacial score (nSPS) is 13.8. The fraction of sp³-hybridized carbons (Fsp3) is 0.417. The zero-order chi connectivity index (χ0) is 13.3. The molecule has 0 spiro atoms. The zero-order valence-corrected chi connectivity index (χ0v) is 11.2. The molecule has 0 bridgehead atoms. The van der Waals surface area contributed by atoms with Crippen LogP contribution in [0.3, 0.4) is 0 Å². The number of aliphatic imine (C=N–C) groups is 1. The van der Waals surface area contributed by atoms with Crippen LogP contribution in [0, 0.1) is 0 Å². The molecular formula is C12H17NO3S. The monoisotopic (exact) mass is 255 g/mol. The summed E-state index contributed by atoms with van der Waals surface area (Å²) in [7, 11) is -4.21. The quantitative estimate of drug-likeness (QED) is 0.652.